The van der Waals surface area contributed by atoms with Crippen molar-refractivity contribution in [2.24, 2.45) is 56.7 Å². The number of ketones is 1. The Hall–Kier alpha value is -0.370. The van der Waals surface area contributed by atoms with Crippen LogP contribution in [0.2, 0.25) is 0 Å². The van der Waals surface area contributed by atoms with E-state index in [-0.39, 0.29) is 5.41 Å². The smallest absolute Gasteiger partial charge is 0.138 e. The van der Waals surface area contributed by atoms with Gasteiger partial charge in [0.05, 0.1) is 5.60 Å². The summed E-state index contributed by atoms with van der Waals surface area (Å²) in [6.45, 7) is 19.2. The highest BCUT2D eigenvalue weighted by atomic mass is 16.3. The Balaban J connectivity index is 1.52. The van der Waals surface area contributed by atoms with Crippen LogP contribution >= 0.6 is 0 Å². The minimum absolute atomic E-state index is 0.152. The highest BCUT2D eigenvalue weighted by Gasteiger charge is 2.71. The predicted octanol–water partition coefficient (Wildman–Crippen LogP) is 7.43. The van der Waals surface area contributed by atoms with Crippen LogP contribution in [0, 0.1) is 56.7 Å². The molecule has 0 aromatic heterocycles. The lowest BCUT2D eigenvalue weighted by atomic mass is 9.32. The molecule has 182 valence electrons. The maximum atomic E-state index is 12.9. The molecule has 5 rings (SSSR count). The van der Waals surface area contributed by atoms with Crippen LogP contribution in [-0.2, 0) is 4.79 Å². The summed E-state index contributed by atoms with van der Waals surface area (Å²) >= 11 is 0. The lowest BCUT2D eigenvalue weighted by Crippen LogP contribution is -2.66. The molecule has 0 unspecified atom stereocenters. The molecule has 0 bridgehead atoms. The molecule has 1 N–H and O–H groups in total. The summed E-state index contributed by atoms with van der Waals surface area (Å²) in [5, 5.41) is 11.0. The fraction of sp³-hybridized carbons (Fsp3) is 0.967. The van der Waals surface area contributed by atoms with Crippen LogP contribution < -0.4 is 0 Å². The molecule has 0 aliphatic heterocycles. The molecule has 0 aromatic rings. The summed E-state index contributed by atoms with van der Waals surface area (Å²) in [4.78, 5) is 12.9. The Kier molecular flexibility index (Phi) is 4.85. The maximum absolute atomic E-state index is 12.9. The first-order valence-electron chi connectivity index (χ1n) is 13.9. The quantitative estimate of drug-likeness (QED) is 0.458. The van der Waals surface area contributed by atoms with E-state index in [4.69, 9.17) is 0 Å². The van der Waals surface area contributed by atoms with Crippen LogP contribution in [-0.4, -0.2) is 16.5 Å². The van der Waals surface area contributed by atoms with Gasteiger partial charge >= 0.3 is 0 Å². The number of carbonyl (C=O) groups is 1. The average Bonchev–Trinajstić information content (AvgIpc) is 3.03. The van der Waals surface area contributed by atoms with Crippen LogP contribution in [0.1, 0.15) is 120 Å². The van der Waals surface area contributed by atoms with E-state index in [1.165, 1.54) is 51.4 Å². The number of rotatable bonds is 1. The van der Waals surface area contributed by atoms with Crippen molar-refractivity contribution in [3.8, 4) is 0 Å². The first-order chi connectivity index (χ1) is 14.6. The number of fused-ring (bicyclic) bond motifs is 7. The van der Waals surface area contributed by atoms with Crippen molar-refractivity contribution < 1.29 is 9.90 Å². The molecule has 5 aliphatic rings. The molecule has 0 radical (unpaired) electrons. The molecule has 0 amide bonds. The molecular weight excluding hydrogens is 392 g/mol. The van der Waals surface area contributed by atoms with Crippen molar-refractivity contribution >= 4 is 5.78 Å². The lowest BCUT2D eigenvalue weighted by molar-refractivity contribution is -0.240. The van der Waals surface area contributed by atoms with E-state index in [0.717, 1.165) is 24.7 Å². The van der Waals surface area contributed by atoms with E-state index in [9.17, 15) is 9.90 Å². The predicted molar refractivity (Wildman–Crippen MR) is 131 cm³/mol. The second kappa shape index (κ2) is 6.64. The third kappa shape index (κ3) is 2.66. The van der Waals surface area contributed by atoms with Crippen molar-refractivity contribution in [3.05, 3.63) is 0 Å². The van der Waals surface area contributed by atoms with Gasteiger partial charge in [0.2, 0.25) is 0 Å². The zero-order valence-corrected chi connectivity index (χ0v) is 22.3. The molecule has 5 saturated carbocycles. The van der Waals surface area contributed by atoms with Gasteiger partial charge in [0.25, 0.3) is 0 Å². The van der Waals surface area contributed by atoms with Gasteiger partial charge in [-0.3, -0.25) is 4.79 Å². The zero-order chi connectivity index (χ0) is 23.5. The van der Waals surface area contributed by atoms with Gasteiger partial charge in [-0.05, 0) is 123 Å². The molecule has 5 fully saturated rings. The Labute approximate surface area is 197 Å². The highest BCUT2D eigenvalue weighted by Crippen LogP contribution is 2.77. The minimum Gasteiger partial charge on any atom is -0.390 e. The molecule has 0 aromatic carbocycles. The first kappa shape index (κ1) is 23.4. The number of carbonyl (C=O) groups excluding carboxylic acids is 1. The molecule has 5 aliphatic carbocycles. The van der Waals surface area contributed by atoms with Gasteiger partial charge < -0.3 is 5.11 Å². The molecule has 9 atom stereocenters. The normalized spacial score (nSPS) is 54.9. The third-order valence-electron chi connectivity index (χ3n) is 13.6. The SMILES string of the molecule is CC(C)(O)[C@H]1CC[C@]2(C)[C@H]3CC[C@@H]4[C@@]5(C)CCC(=O)C(C)(C)[C@@H]5CC[C@@]4(C)[C@]3(C)CC[C@@H]12. The van der Waals surface area contributed by atoms with Crippen molar-refractivity contribution in [1.29, 1.82) is 0 Å². The Morgan fingerprint density at radius 2 is 1.28 bits per heavy atom. The Morgan fingerprint density at radius 1 is 0.719 bits per heavy atom. The van der Waals surface area contributed by atoms with Gasteiger partial charge in [0, 0.05) is 11.8 Å². The van der Waals surface area contributed by atoms with E-state index in [1.54, 1.807) is 0 Å². The van der Waals surface area contributed by atoms with Gasteiger partial charge in [0.1, 0.15) is 5.78 Å². The van der Waals surface area contributed by atoms with Crippen LogP contribution in [0.3, 0.4) is 0 Å². The lowest BCUT2D eigenvalue weighted by Gasteiger charge is -2.73. The van der Waals surface area contributed by atoms with Gasteiger partial charge in [-0.15, -0.1) is 0 Å². The van der Waals surface area contributed by atoms with E-state index < -0.39 is 5.60 Å². The fourth-order valence-electron chi connectivity index (χ4n) is 11.8. The van der Waals surface area contributed by atoms with Gasteiger partial charge in [-0.1, -0.05) is 41.5 Å². The number of Topliss-reactive ketones (excluding diaryl/α,β-unsaturated/α-hetero) is 1. The Morgan fingerprint density at radius 3 is 1.88 bits per heavy atom. The second-order valence-electron chi connectivity index (χ2n) is 15.2. The van der Waals surface area contributed by atoms with E-state index >= 15 is 0 Å². The fourth-order valence-corrected chi connectivity index (χ4v) is 11.8. The van der Waals surface area contributed by atoms with Crippen LogP contribution in [0.15, 0.2) is 0 Å². The molecular formula is C30H50O2. The summed E-state index contributed by atoms with van der Waals surface area (Å²) in [5.41, 5.74) is 0.741. The Bertz CT molecular complexity index is 806. The summed E-state index contributed by atoms with van der Waals surface area (Å²) in [6, 6.07) is 0. The molecule has 0 spiro atoms. The van der Waals surface area contributed by atoms with Gasteiger partial charge in [-0.2, -0.15) is 0 Å². The van der Waals surface area contributed by atoms with Crippen molar-refractivity contribution in [2.75, 3.05) is 0 Å². The second-order valence-corrected chi connectivity index (χ2v) is 15.2. The summed E-state index contributed by atoms with van der Waals surface area (Å²) < 4.78 is 0. The van der Waals surface area contributed by atoms with Crippen molar-refractivity contribution in [2.45, 2.75) is 125 Å². The van der Waals surface area contributed by atoms with Crippen molar-refractivity contribution in [1.82, 2.24) is 0 Å². The van der Waals surface area contributed by atoms with Crippen LogP contribution in [0.25, 0.3) is 0 Å². The molecule has 32 heavy (non-hydrogen) atoms. The summed E-state index contributed by atoms with van der Waals surface area (Å²) in [5.74, 6) is 3.72. The van der Waals surface area contributed by atoms with Crippen molar-refractivity contribution in [3.63, 3.8) is 0 Å². The third-order valence-corrected chi connectivity index (χ3v) is 13.6. The zero-order valence-electron chi connectivity index (χ0n) is 22.3. The van der Waals surface area contributed by atoms with Gasteiger partial charge in [0.15, 0.2) is 0 Å². The molecule has 2 heteroatoms. The van der Waals surface area contributed by atoms with Crippen LogP contribution in [0.4, 0.5) is 0 Å². The van der Waals surface area contributed by atoms with Crippen LogP contribution in [0.5, 0.6) is 0 Å². The average molecular weight is 443 g/mol. The number of aliphatic hydroxyl groups is 1. The largest absolute Gasteiger partial charge is 0.390 e. The van der Waals surface area contributed by atoms with E-state index in [1.807, 2.05) is 0 Å². The highest BCUT2D eigenvalue weighted by molar-refractivity contribution is 5.85. The summed E-state index contributed by atoms with van der Waals surface area (Å²) in [6.07, 6.45) is 12.3. The molecule has 0 heterocycles. The van der Waals surface area contributed by atoms with E-state index in [2.05, 4.69) is 55.4 Å². The number of hydrogen-bond acceptors (Lipinski definition) is 2. The monoisotopic (exact) mass is 442 g/mol. The van der Waals surface area contributed by atoms with Gasteiger partial charge in [-0.25, -0.2) is 0 Å². The number of hydrogen-bond donors (Lipinski definition) is 1. The topological polar surface area (TPSA) is 37.3 Å². The standard InChI is InChI=1S/C30H50O2/c1-25(2)21-13-18-30(8)23(28(21,6)16-14-24(25)31)10-9-22-27(5)15-11-19(26(3,4)32)20(27)12-17-29(22,30)7/h19-23,32H,9-18H2,1-8H3/t19-,20-,21-,22+,23+,27-,28-,29+,30+/m0/s1. The van der Waals surface area contributed by atoms with E-state index in [0.29, 0.717) is 45.2 Å². The maximum Gasteiger partial charge on any atom is 0.138 e. The first-order valence-corrected chi connectivity index (χ1v) is 13.9. The molecule has 0 saturated heterocycles. The molecule has 2 nitrogen and oxygen atoms in total. The summed E-state index contributed by atoms with van der Waals surface area (Å²) in [7, 11) is 0. The minimum atomic E-state index is -0.553.